The zero-order valence-corrected chi connectivity index (χ0v) is 10.4. The first-order valence-corrected chi connectivity index (χ1v) is 5.88. The van der Waals surface area contributed by atoms with Gasteiger partial charge < -0.3 is 5.11 Å². The summed E-state index contributed by atoms with van der Waals surface area (Å²) < 4.78 is 1.50. The number of fused-ring (bicyclic) bond motifs is 1. The third kappa shape index (κ3) is 1.94. The van der Waals surface area contributed by atoms with E-state index in [1.807, 2.05) is 24.3 Å². The van der Waals surface area contributed by atoms with Crippen molar-refractivity contribution in [2.24, 2.45) is 0 Å². The number of aromatic nitrogens is 3. The Kier molecular flexibility index (Phi) is 2.68. The molecule has 0 saturated heterocycles. The fourth-order valence-corrected chi connectivity index (χ4v) is 2.08. The monoisotopic (exact) mass is 273 g/mol. The largest absolute Gasteiger partial charge is 0.478 e. The predicted octanol–water partition coefficient (Wildman–Crippen LogP) is 2.77. The van der Waals surface area contributed by atoms with E-state index in [2.05, 4.69) is 10.3 Å². The van der Waals surface area contributed by atoms with Crippen LogP contribution in [0.25, 0.3) is 16.7 Å². The Morgan fingerprint density at radius 1 is 1.21 bits per heavy atom. The van der Waals surface area contributed by atoms with Gasteiger partial charge in [0.2, 0.25) is 0 Å². The molecule has 3 aromatic rings. The lowest BCUT2D eigenvalue weighted by molar-refractivity contribution is 0.0697. The zero-order chi connectivity index (χ0) is 13.4. The van der Waals surface area contributed by atoms with E-state index in [1.54, 1.807) is 12.1 Å². The highest BCUT2D eigenvalue weighted by atomic mass is 35.5. The van der Waals surface area contributed by atoms with Crippen molar-refractivity contribution < 1.29 is 9.90 Å². The number of carboxylic acid groups (broad SMARTS) is 1. The molecule has 1 N–H and O–H groups in total. The molecule has 0 bridgehead atoms. The first kappa shape index (κ1) is 11.7. The van der Waals surface area contributed by atoms with E-state index in [0.717, 1.165) is 5.52 Å². The molecule has 0 fully saturated rings. The van der Waals surface area contributed by atoms with Gasteiger partial charge in [-0.2, -0.15) is 0 Å². The van der Waals surface area contributed by atoms with Gasteiger partial charge in [-0.3, -0.25) is 0 Å². The molecule has 1 aromatic heterocycles. The highest BCUT2D eigenvalue weighted by molar-refractivity contribution is 6.31. The molecule has 0 unspecified atom stereocenters. The molecule has 5 nitrogen and oxygen atoms in total. The normalized spacial score (nSPS) is 10.8. The van der Waals surface area contributed by atoms with Crippen molar-refractivity contribution in [3.8, 4) is 5.69 Å². The fourth-order valence-electron chi connectivity index (χ4n) is 1.91. The SMILES string of the molecule is O=C(O)c1cc(Cl)ccc1-n1nnc2ccccc21. The Morgan fingerprint density at radius 3 is 2.79 bits per heavy atom. The van der Waals surface area contributed by atoms with Crippen molar-refractivity contribution in [2.45, 2.75) is 0 Å². The third-order valence-corrected chi connectivity index (χ3v) is 3.00. The molecule has 1 heterocycles. The minimum Gasteiger partial charge on any atom is -0.478 e. The molecule has 94 valence electrons. The summed E-state index contributed by atoms with van der Waals surface area (Å²) in [7, 11) is 0. The van der Waals surface area contributed by atoms with E-state index < -0.39 is 5.97 Å². The maximum Gasteiger partial charge on any atom is 0.337 e. The second kappa shape index (κ2) is 4.37. The minimum absolute atomic E-state index is 0.0863. The molecule has 0 radical (unpaired) electrons. The number of rotatable bonds is 2. The van der Waals surface area contributed by atoms with E-state index >= 15 is 0 Å². The lowest BCUT2D eigenvalue weighted by Crippen LogP contribution is -2.06. The number of para-hydroxylation sites is 1. The number of carbonyl (C=O) groups is 1. The van der Waals surface area contributed by atoms with E-state index in [1.165, 1.54) is 10.7 Å². The zero-order valence-electron chi connectivity index (χ0n) is 9.62. The maximum absolute atomic E-state index is 11.3. The van der Waals surface area contributed by atoms with E-state index in [0.29, 0.717) is 16.2 Å². The number of aromatic carboxylic acids is 1. The van der Waals surface area contributed by atoms with Gasteiger partial charge in [0.25, 0.3) is 0 Å². The first-order chi connectivity index (χ1) is 9.16. The second-order valence-electron chi connectivity index (χ2n) is 3.96. The van der Waals surface area contributed by atoms with E-state index in [4.69, 9.17) is 11.6 Å². The molecule has 0 spiro atoms. The second-order valence-corrected chi connectivity index (χ2v) is 4.39. The van der Waals surface area contributed by atoms with E-state index in [-0.39, 0.29) is 5.56 Å². The molecule has 0 aliphatic rings. The fraction of sp³-hybridized carbons (Fsp3) is 0. The molecular weight excluding hydrogens is 266 g/mol. The molecule has 2 aromatic carbocycles. The Morgan fingerprint density at radius 2 is 2.00 bits per heavy atom. The summed E-state index contributed by atoms with van der Waals surface area (Å²) in [6.07, 6.45) is 0. The molecule has 19 heavy (non-hydrogen) atoms. The van der Waals surface area contributed by atoms with Crippen LogP contribution in [-0.4, -0.2) is 26.1 Å². The summed E-state index contributed by atoms with van der Waals surface area (Å²) in [5, 5.41) is 17.6. The number of carboxylic acids is 1. The smallest absolute Gasteiger partial charge is 0.337 e. The average Bonchev–Trinajstić information content (AvgIpc) is 2.82. The summed E-state index contributed by atoms with van der Waals surface area (Å²) in [6, 6.07) is 12.0. The summed E-state index contributed by atoms with van der Waals surface area (Å²) in [5.41, 5.74) is 1.97. The predicted molar refractivity (Wildman–Crippen MR) is 70.8 cm³/mol. The standard InChI is InChI=1S/C13H8ClN3O2/c14-8-5-6-11(9(7-8)13(18)19)17-12-4-2-1-3-10(12)15-16-17/h1-7H,(H,18,19). The number of halogens is 1. The molecular formula is C13H8ClN3O2. The van der Waals surface area contributed by atoms with Crippen LogP contribution in [0.3, 0.4) is 0 Å². The summed E-state index contributed by atoms with van der Waals surface area (Å²) in [6.45, 7) is 0. The van der Waals surface area contributed by atoms with Gasteiger partial charge in [-0.1, -0.05) is 28.9 Å². The van der Waals surface area contributed by atoms with Gasteiger partial charge in [0.15, 0.2) is 0 Å². The number of nitrogens with zero attached hydrogens (tertiary/aromatic N) is 3. The molecule has 0 aliphatic heterocycles. The minimum atomic E-state index is -1.06. The summed E-state index contributed by atoms with van der Waals surface area (Å²) in [4.78, 5) is 11.3. The highest BCUT2D eigenvalue weighted by Crippen LogP contribution is 2.22. The lowest BCUT2D eigenvalue weighted by atomic mass is 10.1. The lowest BCUT2D eigenvalue weighted by Gasteiger charge is -2.06. The molecule has 0 aliphatic carbocycles. The Bertz CT molecular complexity index is 782. The van der Waals surface area contributed by atoms with Crippen LogP contribution in [0.5, 0.6) is 0 Å². The van der Waals surface area contributed by atoms with Crippen molar-refractivity contribution in [3.63, 3.8) is 0 Å². The Balaban J connectivity index is 2.30. The highest BCUT2D eigenvalue weighted by Gasteiger charge is 2.15. The molecule has 3 rings (SSSR count). The first-order valence-electron chi connectivity index (χ1n) is 5.50. The summed E-state index contributed by atoms with van der Waals surface area (Å²) in [5.74, 6) is -1.06. The third-order valence-electron chi connectivity index (χ3n) is 2.77. The van der Waals surface area contributed by atoms with Crippen molar-refractivity contribution in [1.82, 2.24) is 15.0 Å². The van der Waals surface area contributed by atoms with Gasteiger partial charge in [-0.05, 0) is 30.3 Å². The molecule has 6 heteroatoms. The van der Waals surface area contributed by atoms with Crippen LogP contribution in [0.2, 0.25) is 5.02 Å². The Labute approximate surface area is 113 Å². The van der Waals surface area contributed by atoms with Crippen molar-refractivity contribution in [3.05, 3.63) is 53.1 Å². The van der Waals surface area contributed by atoms with Crippen molar-refractivity contribution >= 4 is 28.6 Å². The van der Waals surface area contributed by atoms with Gasteiger partial charge in [-0.15, -0.1) is 5.10 Å². The molecule has 0 atom stereocenters. The number of benzene rings is 2. The van der Waals surface area contributed by atoms with Crippen LogP contribution in [0.1, 0.15) is 10.4 Å². The quantitative estimate of drug-likeness (QED) is 0.779. The van der Waals surface area contributed by atoms with Gasteiger partial charge in [-0.25, -0.2) is 9.48 Å². The van der Waals surface area contributed by atoms with Crippen LogP contribution < -0.4 is 0 Å². The number of hydrogen-bond donors (Lipinski definition) is 1. The van der Waals surface area contributed by atoms with Crippen molar-refractivity contribution in [2.75, 3.05) is 0 Å². The Hall–Kier alpha value is -2.40. The summed E-state index contributed by atoms with van der Waals surface area (Å²) >= 11 is 5.83. The van der Waals surface area contributed by atoms with E-state index in [9.17, 15) is 9.90 Å². The van der Waals surface area contributed by atoms with Gasteiger partial charge in [0.05, 0.1) is 16.8 Å². The van der Waals surface area contributed by atoms with Crippen molar-refractivity contribution in [1.29, 1.82) is 0 Å². The molecule has 0 saturated carbocycles. The van der Waals surface area contributed by atoms with Crippen LogP contribution in [0.15, 0.2) is 42.5 Å². The maximum atomic E-state index is 11.3. The van der Waals surface area contributed by atoms with Crippen LogP contribution in [0, 0.1) is 0 Å². The van der Waals surface area contributed by atoms with Crippen LogP contribution in [0.4, 0.5) is 0 Å². The average molecular weight is 274 g/mol. The van der Waals surface area contributed by atoms with Crippen LogP contribution in [-0.2, 0) is 0 Å². The van der Waals surface area contributed by atoms with Gasteiger partial charge >= 0.3 is 5.97 Å². The molecule has 0 amide bonds. The van der Waals surface area contributed by atoms with Gasteiger partial charge in [0.1, 0.15) is 5.52 Å². The topological polar surface area (TPSA) is 68.0 Å². The van der Waals surface area contributed by atoms with Gasteiger partial charge in [0, 0.05) is 5.02 Å². The number of hydrogen-bond acceptors (Lipinski definition) is 3. The van der Waals surface area contributed by atoms with Crippen LogP contribution >= 0.6 is 11.6 Å².